The molecule has 1 amide bonds. The molecule has 0 radical (unpaired) electrons. The van der Waals surface area contributed by atoms with Gasteiger partial charge in [-0.05, 0) is 29.7 Å². The van der Waals surface area contributed by atoms with Crippen molar-refractivity contribution in [2.75, 3.05) is 0 Å². The maximum Gasteiger partial charge on any atom is 0.274 e. The zero-order valence-electron chi connectivity index (χ0n) is 16.4. The molecule has 3 N–H and O–H groups in total. The first-order chi connectivity index (χ1) is 14.0. The molecule has 2 atom stereocenters. The average Bonchev–Trinajstić information content (AvgIpc) is 3.19. The molecule has 2 aromatic heterocycles. The van der Waals surface area contributed by atoms with Crippen LogP contribution in [0.5, 0.6) is 0 Å². The monoisotopic (exact) mass is 392 g/mol. The van der Waals surface area contributed by atoms with Crippen molar-refractivity contribution < 1.29 is 4.79 Å². The molecule has 1 fully saturated rings. The quantitative estimate of drug-likeness (QED) is 0.612. The Morgan fingerprint density at radius 3 is 2.62 bits per heavy atom. The van der Waals surface area contributed by atoms with Gasteiger partial charge in [-0.15, -0.1) is 0 Å². The van der Waals surface area contributed by atoms with Gasteiger partial charge in [-0.25, -0.2) is 15.5 Å². The van der Waals surface area contributed by atoms with E-state index >= 15 is 0 Å². The Morgan fingerprint density at radius 1 is 1.17 bits per heavy atom. The van der Waals surface area contributed by atoms with Crippen LogP contribution in [-0.2, 0) is 6.54 Å². The molecule has 2 unspecified atom stereocenters. The molecule has 1 saturated heterocycles. The number of benzene rings is 1. The Morgan fingerprint density at radius 2 is 1.90 bits per heavy atom. The summed E-state index contributed by atoms with van der Waals surface area (Å²) < 4.78 is 1.39. The fourth-order valence-electron chi connectivity index (χ4n) is 3.56. The zero-order chi connectivity index (χ0) is 20.4. The van der Waals surface area contributed by atoms with Gasteiger partial charge in [-0.3, -0.25) is 14.6 Å². The van der Waals surface area contributed by atoms with Crippen LogP contribution in [0.4, 0.5) is 0 Å². The van der Waals surface area contributed by atoms with Gasteiger partial charge in [0.1, 0.15) is 0 Å². The average molecular weight is 392 g/mol. The molecule has 0 bridgehead atoms. The largest absolute Gasteiger partial charge is 0.334 e. The van der Waals surface area contributed by atoms with E-state index in [2.05, 4.69) is 26.3 Å². The molecule has 8 heteroatoms. The number of hydrazine groups is 1. The van der Waals surface area contributed by atoms with E-state index in [1.807, 2.05) is 32.0 Å². The van der Waals surface area contributed by atoms with Crippen LogP contribution in [0.2, 0.25) is 0 Å². The van der Waals surface area contributed by atoms with Crippen LogP contribution in [0.25, 0.3) is 10.8 Å². The summed E-state index contributed by atoms with van der Waals surface area (Å²) in [5.74, 6) is -0.0764. The fourth-order valence-corrected chi connectivity index (χ4v) is 3.56. The highest BCUT2D eigenvalue weighted by atomic mass is 16.2. The molecule has 4 rings (SSSR count). The van der Waals surface area contributed by atoms with Crippen molar-refractivity contribution in [3.05, 3.63) is 70.4 Å². The molecule has 8 nitrogen and oxygen atoms in total. The smallest absolute Gasteiger partial charge is 0.274 e. The van der Waals surface area contributed by atoms with E-state index in [0.717, 1.165) is 5.56 Å². The van der Waals surface area contributed by atoms with Crippen LogP contribution >= 0.6 is 0 Å². The Labute approximate surface area is 168 Å². The summed E-state index contributed by atoms with van der Waals surface area (Å²) in [6.07, 6.45) is 3.92. The molecular formula is C21H24N6O2. The third-order valence-electron chi connectivity index (χ3n) is 4.94. The van der Waals surface area contributed by atoms with Gasteiger partial charge < -0.3 is 5.32 Å². The lowest BCUT2D eigenvalue weighted by atomic mass is 10.1. The lowest BCUT2D eigenvalue weighted by molar-refractivity contribution is 0.0926. The molecule has 1 aliphatic heterocycles. The summed E-state index contributed by atoms with van der Waals surface area (Å²) in [4.78, 5) is 29.8. The maximum absolute atomic E-state index is 13.0. The van der Waals surface area contributed by atoms with Crippen LogP contribution in [0.3, 0.4) is 0 Å². The topological polar surface area (TPSA) is 101 Å². The van der Waals surface area contributed by atoms with Crippen LogP contribution in [-0.4, -0.2) is 26.8 Å². The highest BCUT2D eigenvalue weighted by molar-refractivity contribution is 6.04. The number of hydrogen-bond donors (Lipinski definition) is 3. The van der Waals surface area contributed by atoms with Gasteiger partial charge in [0.2, 0.25) is 0 Å². The van der Waals surface area contributed by atoms with E-state index in [4.69, 9.17) is 0 Å². The van der Waals surface area contributed by atoms with Crippen molar-refractivity contribution in [3.63, 3.8) is 0 Å². The van der Waals surface area contributed by atoms with Gasteiger partial charge in [0.05, 0.1) is 11.6 Å². The minimum atomic E-state index is -0.312. The third kappa shape index (κ3) is 4.03. The van der Waals surface area contributed by atoms with Crippen LogP contribution in [0, 0.1) is 5.92 Å². The molecular weight excluding hydrogens is 368 g/mol. The molecule has 0 aliphatic carbocycles. The van der Waals surface area contributed by atoms with E-state index in [-0.39, 0.29) is 35.3 Å². The standard InChI is InChI=1S/C21H24N6O2/c1-13(2)12-27-21(29)16-6-4-3-5-15(16)19(26-27)20(28)23-18-11-17(24-25-18)14-7-9-22-10-8-14/h3-10,13,17-18,24-25H,11-12H2,1-2H3,(H,23,28). The first-order valence-corrected chi connectivity index (χ1v) is 9.74. The first-order valence-electron chi connectivity index (χ1n) is 9.74. The highest BCUT2D eigenvalue weighted by Gasteiger charge is 2.27. The number of carbonyl (C=O) groups is 1. The molecule has 1 aromatic carbocycles. The van der Waals surface area contributed by atoms with Gasteiger partial charge in [-0.2, -0.15) is 5.10 Å². The predicted octanol–water partition coefficient (Wildman–Crippen LogP) is 1.74. The van der Waals surface area contributed by atoms with Crippen molar-refractivity contribution >= 4 is 16.7 Å². The van der Waals surface area contributed by atoms with Crippen molar-refractivity contribution in [2.45, 2.75) is 39.0 Å². The third-order valence-corrected chi connectivity index (χ3v) is 4.94. The summed E-state index contributed by atoms with van der Waals surface area (Å²) >= 11 is 0. The number of carbonyl (C=O) groups excluding carboxylic acids is 1. The summed E-state index contributed by atoms with van der Waals surface area (Å²) in [5, 5.41) is 8.44. The van der Waals surface area contributed by atoms with E-state index in [0.29, 0.717) is 23.7 Å². The normalized spacial score (nSPS) is 19.0. The molecule has 0 saturated carbocycles. The number of fused-ring (bicyclic) bond motifs is 1. The first kappa shape index (κ1) is 19.2. The second-order valence-electron chi connectivity index (χ2n) is 7.66. The molecule has 150 valence electrons. The summed E-state index contributed by atoms with van der Waals surface area (Å²) in [6.45, 7) is 4.48. The second kappa shape index (κ2) is 8.10. The van der Waals surface area contributed by atoms with Gasteiger partial charge >= 0.3 is 0 Å². The minimum absolute atomic E-state index is 0.0721. The maximum atomic E-state index is 13.0. The van der Waals surface area contributed by atoms with Crippen molar-refractivity contribution in [2.24, 2.45) is 5.92 Å². The van der Waals surface area contributed by atoms with Crippen LogP contribution in [0.15, 0.2) is 53.6 Å². The number of nitrogens with zero attached hydrogens (tertiary/aromatic N) is 3. The van der Waals surface area contributed by atoms with Gasteiger partial charge in [-0.1, -0.05) is 32.0 Å². The number of amides is 1. The van der Waals surface area contributed by atoms with Crippen molar-refractivity contribution in [3.8, 4) is 0 Å². The highest BCUT2D eigenvalue weighted by Crippen LogP contribution is 2.21. The van der Waals surface area contributed by atoms with E-state index in [1.165, 1.54) is 4.68 Å². The Balaban J connectivity index is 1.59. The number of rotatable bonds is 5. The van der Waals surface area contributed by atoms with E-state index in [9.17, 15) is 9.59 Å². The van der Waals surface area contributed by atoms with Crippen molar-refractivity contribution in [1.29, 1.82) is 0 Å². The Bertz CT molecular complexity index is 1080. The second-order valence-corrected chi connectivity index (χ2v) is 7.66. The Hall–Kier alpha value is -3.10. The number of pyridine rings is 1. The number of hydrogen-bond acceptors (Lipinski definition) is 6. The fraction of sp³-hybridized carbons (Fsp3) is 0.333. The zero-order valence-corrected chi connectivity index (χ0v) is 16.4. The molecule has 1 aliphatic rings. The summed E-state index contributed by atoms with van der Waals surface area (Å²) in [7, 11) is 0. The predicted molar refractivity (Wildman–Crippen MR) is 110 cm³/mol. The van der Waals surface area contributed by atoms with Gasteiger partial charge in [0.25, 0.3) is 11.5 Å². The molecule has 3 heterocycles. The number of aromatic nitrogens is 3. The summed E-state index contributed by atoms with van der Waals surface area (Å²) in [5.41, 5.74) is 7.49. The van der Waals surface area contributed by atoms with E-state index < -0.39 is 0 Å². The minimum Gasteiger partial charge on any atom is -0.334 e. The van der Waals surface area contributed by atoms with Crippen LogP contribution < -0.4 is 21.7 Å². The molecule has 3 aromatic rings. The Kier molecular flexibility index (Phi) is 5.37. The van der Waals surface area contributed by atoms with Crippen LogP contribution in [0.1, 0.15) is 42.4 Å². The van der Waals surface area contributed by atoms with Gasteiger partial charge in [0, 0.05) is 36.8 Å². The lowest BCUT2D eigenvalue weighted by Gasteiger charge is -2.15. The summed E-state index contributed by atoms with van der Waals surface area (Å²) in [6, 6.07) is 11.1. The van der Waals surface area contributed by atoms with Gasteiger partial charge in [0.15, 0.2) is 5.69 Å². The van der Waals surface area contributed by atoms with E-state index in [1.54, 1.807) is 30.6 Å². The molecule has 0 spiro atoms. The number of nitrogens with one attached hydrogen (secondary N) is 3. The lowest BCUT2D eigenvalue weighted by Crippen LogP contribution is -2.45. The van der Waals surface area contributed by atoms with Crippen molar-refractivity contribution in [1.82, 2.24) is 30.9 Å². The molecule has 29 heavy (non-hydrogen) atoms. The SMILES string of the molecule is CC(C)Cn1nc(C(=O)NC2CC(c3ccncc3)NN2)c2ccccc2c1=O.